The fraction of sp³-hybridized carbons (Fsp3) is 0.400. The number of nitrogens with zero attached hydrogens (tertiary/aromatic N) is 2. The maximum atomic E-state index is 12.9. The van der Waals surface area contributed by atoms with Crippen LogP contribution in [0.5, 0.6) is 0 Å². The van der Waals surface area contributed by atoms with Crippen LogP contribution in [0.2, 0.25) is 0 Å². The Morgan fingerprint density at radius 1 is 1.26 bits per heavy atom. The minimum atomic E-state index is 0.0162. The lowest BCUT2D eigenvalue weighted by Gasteiger charge is -2.24. The van der Waals surface area contributed by atoms with E-state index in [1.807, 2.05) is 44.4 Å². The number of aryl methyl sites for hydroxylation is 2. The molecule has 1 aliphatic heterocycles. The lowest BCUT2D eigenvalue weighted by molar-refractivity contribution is -0.131. The third-order valence-corrected chi connectivity index (χ3v) is 6.49. The summed E-state index contributed by atoms with van der Waals surface area (Å²) in [5.41, 5.74) is 4.11. The molecule has 0 spiro atoms. The number of aromatic nitrogens is 1. The van der Waals surface area contributed by atoms with Gasteiger partial charge in [0.25, 0.3) is 0 Å². The van der Waals surface area contributed by atoms with Gasteiger partial charge >= 0.3 is 0 Å². The van der Waals surface area contributed by atoms with E-state index in [1.54, 1.807) is 4.90 Å². The summed E-state index contributed by atoms with van der Waals surface area (Å²) in [5, 5.41) is 3.91. The van der Waals surface area contributed by atoms with E-state index in [4.69, 9.17) is 4.42 Å². The van der Waals surface area contributed by atoms with Gasteiger partial charge in [0.05, 0.1) is 6.54 Å². The zero-order valence-corrected chi connectivity index (χ0v) is 18.6. The van der Waals surface area contributed by atoms with E-state index in [2.05, 4.69) is 30.2 Å². The van der Waals surface area contributed by atoms with Gasteiger partial charge in [-0.3, -0.25) is 9.59 Å². The zero-order chi connectivity index (χ0) is 22.1. The average molecular weight is 420 g/mol. The van der Waals surface area contributed by atoms with Crippen molar-refractivity contribution in [3.8, 4) is 0 Å². The van der Waals surface area contributed by atoms with Crippen LogP contribution in [0.1, 0.15) is 55.1 Å². The standard InChI is InChI=1S/C25H29N3O3/c1-15(16(2)19-12-18-9-10-23(29)27-25(18)26-13-19)11-24(30)28(4)14-22-17(3)20-7-5-6-8-21(20)31-22/h5-8,12-13,15-16H,9-11,14H2,1-4H3,(H,26,27,29)/t15-,16?/m1/s1. The van der Waals surface area contributed by atoms with Crippen molar-refractivity contribution in [2.75, 3.05) is 12.4 Å². The maximum Gasteiger partial charge on any atom is 0.225 e. The first-order valence-electron chi connectivity index (χ1n) is 10.8. The first-order valence-corrected chi connectivity index (χ1v) is 10.8. The smallest absolute Gasteiger partial charge is 0.225 e. The van der Waals surface area contributed by atoms with Crippen LogP contribution >= 0.6 is 0 Å². The largest absolute Gasteiger partial charge is 0.459 e. The number of benzene rings is 1. The Hall–Kier alpha value is -3.15. The van der Waals surface area contributed by atoms with Gasteiger partial charge in [-0.05, 0) is 42.4 Å². The van der Waals surface area contributed by atoms with E-state index in [9.17, 15) is 9.59 Å². The number of amides is 2. The molecule has 31 heavy (non-hydrogen) atoms. The maximum absolute atomic E-state index is 12.9. The van der Waals surface area contributed by atoms with Crippen LogP contribution < -0.4 is 5.32 Å². The molecule has 1 aromatic carbocycles. The van der Waals surface area contributed by atoms with Gasteiger partial charge in [0, 0.05) is 37.0 Å². The number of nitrogens with one attached hydrogen (secondary N) is 1. The van der Waals surface area contributed by atoms with E-state index in [0.717, 1.165) is 33.4 Å². The van der Waals surface area contributed by atoms with Crippen LogP contribution in [-0.4, -0.2) is 28.7 Å². The summed E-state index contributed by atoms with van der Waals surface area (Å²) >= 11 is 0. The van der Waals surface area contributed by atoms with Gasteiger partial charge < -0.3 is 14.6 Å². The van der Waals surface area contributed by atoms with Crippen LogP contribution in [0.25, 0.3) is 11.0 Å². The van der Waals surface area contributed by atoms with Gasteiger partial charge in [-0.1, -0.05) is 38.1 Å². The van der Waals surface area contributed by atoms with E-state index in [1.165, 1.54) is 0 Å². The van der Waals surface area contributed by atoms with Crippen molar-refractivity contribution < 1.29 is 14.0 Å². The summed E-state index contributed by atoms with van der Waals surface area (Å²) in [6.07, 6.45) is 3.47. The van der Waals surface area contributed by atoms with Gasteiger partial charge in [-0.15, -0.1) is 0 Å². The van der Waals surface area contributed by atoms with Crippen LogP contribution in [0.15, 0.2) is 40.9 Å². The lowest BCUT2D eigenvalue weighted by Crippen LogP contribution is -2.28. The minimum Gasteiger partial charge on any atom is -0.459 e. The van der Waals surface area contributed by atoms with Crippen LogP contribution in [0, 0.1) is 12.8 Å². The predicted molar refractivity (Wildman–Crippen MR) is 121 cm³/mol. The summed E-state index contributed by atoms with van der Waals surface area (Å²) in [4.78, 5) is 30.6. The lowest BCUT2D eigenvalue weighted by atomic mass is 9.86. The summed E-state index contributed by atoms with van der Waals surface area (Å²) in [5.74, 6) is 1.95. The Kier molecular flexibility index (Phi) is 5.81. The fourth-order valence-electron chi connectivity index (χ4n) is 4.14. The van der Waals surface area contributed by atoms with Crippen molar-refractivity contribution >= 4 is 28.6 Å². The van der Waals surface area contributed by atoms with Gasteiger partial charge in [-0.25, -0.2) is 4.98 Å². The number of hydrogen-bond acceptors (Lipinski definition) is 4. The van der Waals surface area contributed by atoms with E-state index >= 15 is 0 Å². The fourth-order valence-corrected chi connectivity index (χ4v) is 4.14. The number of carbonyl (C=O) groups excluding carboxylic acids is 2. The van der Waals surface area contributed by atoms with E-state index in [-0.39, 0.29) is 23.7 Å². The molecule has 2 aromatic heterocycles. The van der Waals surface area contributed by atoms with Crippen molar-refractivity contribution in [2.45, 2.75) is 52.5 Å². The molecule has 0 saturated carbocycles. The highest BCUT2D eigenvalue weighted by atomic mass is 16.3. The van der Waals surface area contributed by atoms with Crippen molar-refractivity contribution in [3.05, 3.63) is 59.0 Å². The molecule has 0 radical (unpaired) electrons. The monoisotopic (exact) mass is 419 g/mol. The molecule has 0 aliphatic carbocycles. The van der Waals surface area contributed by atoms with E-state index < -0.39 is 0 Å². The second-order valence-corrected chi connectivity index (χ2v) is 8.69. The molecule has 3 aromatic rings. The first kappa shape index (κ1) is 21.1. The molecule has 162 valence electrons. The molecule has 1 unspecified atom stereocenters. The summed E-state index contributed by atoms with van der Waals surface area (Å²) in [6, 6.07) is 10.1. The molecular weight excluding hydrogens is 390 g/mol. The van der Waals surface area contributed by atoms with Crippen molar-refractivity contribution in [1.82, 2.24) is 9.88 Å². The summed E-state index contributed by atoms with van der Waals surface area (Å²) in [7, 11) is 1.83. The SMILES string of the molecule is Cc1c(CN(C)C(=O)C[C@@H](C)C(C)c2cnc3c(c2)CCC(=O)N3)oc2ccccc12. The predicted octanol–water partition coefficient (Wildman–Crippen LogP) is 4.81. The highest BCUT2D eigenvalue weighted by molar-refractivity contribution is 5.92. The van der Waals surface area contributed by atoms with Gasteiger partial charge in [-0.2, -0.15) is 0 Å². The number of furan rings is 1. The third kappa shape index (κ3) is 4.33. The molecule has 0 bridgehead atoms. The topological polar surface area (TPSA) is 75.4 Å². The molecular formula is C25H29N3O3. The molecule has 0 saturated heterocycles. The molecule has 2 atom stereocenters. The average Bonchev–Trinajstić information content (AvgIpc) is 3.08. The Labute approximate surface area is 182 Å². The van der Waals surface area contributed by atoms with Crippen LogP contribution in [0.3, 0.4) is 0 Å². The molecule has 1 aliphatic rings. The highest BCUT2D eigenvalue weighted by Gasteiger charge is 2.23. The molecule has 4 rings (SSSR count). The molecule has 2 amide bonds. The number of pyridine rings is 1. The Morgan fingerprint density at radius 3 is 2.81 bits per heavy atom. The third-order valence-electron chi connectivity index (χ3n) is 6.49. The van der Waals surface area contributed by atoms with Gasteiger partial charge in [0.1, 0.15) is 17.2 Å². The first-order chi connectivity index (χ1) is 14.8. The number of anilines is 1. The van der Waals surface area contributed by atoms with Crippen molar-refractivity contribution in [3.63, 3.8) is 0 Å². The number of fused-ring (bicyclic) bond motifs is 2. The van der Waals surface area contributed by atoms with Crippen molar-refractivity contribution in [1.29, 1.82) is 0 Å². The van der Waals surface area contributed by atoms with Crippen LogP contribution in [0.4, 0.5) is 5.82 Å². The minimum absolute atomic E-state index is 0.0162. The number of rotatable bonds is 6. The Morgan fingerprint density at radius 2 is 2.03 bits per heavy atom. The molecule has 6 nitrogen and oxygen atoms in total. The molecule has 3 heterocycles. The summed E-state index contributed by atoms with van der Waals surface area (Å²) < 4.78 is 5.97. The van der Waals surface area contributed by atoms with Crippen molar-refractivity contribution in [2.24, 2.45) is 5.92 Å². The number of carbonyl (C=O) groups is 2. The second-order valence-electron chi connectivity index (χ2n) is 8.69. The van der Waals surface area contributed by atoms with E-state index in [0.29, 0.717) is 31.6 Å². The quantitative estimate of drug-likeness (QED) is 0.622. The zero-order valence-electron chi connectivity index (χ0n) is 18.6. The molecule has 1 N–H and O–H groups in total. The Balaban J connectivity index is 1.40. The van der Waals surface area contributed by atoms with Gasteiger partial charge in [0.15, 0.2) is 0 Å². The number of para-hydroxylation sites is 1. The molecule has 0 fully saturated rings. The van der Waals surface area contributed by atoms with Gasteiger partial charge in [0.2, 0.25) is 11.8 Å². The normalized spacial score (nSPS) is 15.3. The highest BCUT2D eigenvalue weighted by Crippen LogP contribution is 2.31. The van der Waals surface area contributed by atoms with Crippen LogP contribution in [-0.2, 0) is 22.6 Å². The second kappa shape index (κ2) is 8.53. The Bertz CT molecular complexity index is 1130. The summed E-state index contributed by atoms with van der Waals surface area (Å²) in [6.45, 7) is 6.73. The number of hydrogen-bond donors (Lipinski definition) is 1. The molecule has 6 heteroatoms.